The van der Waals surface area contributed by atoms with Gasteiger partial charge in [-0.1, -0.05) is 0 Å². The van der Waals surface area contributed by atoms with Crippen LogP contribution in [0.25, 0.3) is 0 Å². The van der Waals surface area contributed by atoms with Crippen molar-refractivity contribution in [2.45, 2.75) is 44.7 Å². The van der Waals surface area contributed by atoms with Crippen LogP contribution in [0.3, 0.4) is 0 Å². The van der Waals surface area contributed by atoms with E-state index in [1.807, 2.05) is 11.8 Å². The van der Waals surface area contributed by atoms with Crippen molar-refractivity contribution in [3.63, 3.8) is 0 Å². The zero-order valence-electron chi connectivity index (χ0n) is 9.78. The molecule has 2 rings (SSSR count). The highest BCUT2D eigenvalue weighted by molar-refractivity contribution is 5.88. The molecule has 1 amide bonds. The number of hydrogen-bond acceptors (Lipinski definition) is 2. The number of amides is 1. The van der Waals surface area contributed by atoms with E-state index in [1.54, 1.807) is 0 Å². The number of likely N-dealkylation sites (tertiary alicyclic amines) is 1. The van der Waals surface area contributed by atoms with Crippen LogP contribution in [0.15, 0.2) is 4.99 Å². The SMILES string of the molecule is CC(NC(N)=NC1CC1)C(=O)N1CCCC1. The molecule has 1 atom stereocenters. The fourth-order valence-corrected chi connectivity index (χ4v) is 1.93. The first kappa shape index (κ1) is 11.2. The Morgan fingerprint density at radius 2 is 2.06 bits per heavy atom. The summed E-state index contributed by atoms with van der Waals surface area (Å²) in [5, 5.41) is 2.96. The van der Waals surface area contributed by atoms with Gasteiger partial charge in [0.05, 0.1) is 6.04 Å². The van der Waals surface area contributed by atoms with E-state index >= 15 is 0 Å². The second-order valence-electron chi connectivity index (χ2n) is 4.64. The summed E-state index contributed by atoms with van der Waals surface area (Å²) < 4.78 is 0. The fraction of sp³-hybridized carbons (Fsp3) is 0.818. The molecule has 1 aliphatic carbocycles. The fourth-order valence-electron chi connectivity index (χ4n) is 1.93. The number of carbonyl (C=O) groups excluding carboxylic acids is 1. The Morgan fingerprint density at radius 3 is 2.62 bits per heavy atom. The van der Waals surface area contributed by atoms with Gasteiger partial charge >= 0.3 is 0 Å². The third-order valence-electron chi connectivity index (χ3n) is 3.02. The Hall–Kier alpha value is -1.26. The molecule has 1 saturated carbocycles. The smallest absolute Gasteiger partial charge is 0.244 e. The number of nitrogens with one attached hydrogen (secondary N) is 1. The van der Waals surface area contributed by atoms with Gasteiger partial charge in [-0.15, -0.1) is 0 Å². The van der Waals surface area contributed by atoms with Crippen LogP contribution in [-0.4, -0.2) is 41.9 Å². The van der Waals surface area contributed by atoms with Gasteiger partial charge in [0.1, 0.15) is 6.04 Å². The Labute approximate surface area is 96.1 Å². The van der Waals surface area contributed by atoms with Gasteiger partial charge in [-0.2, -0.15) is 0 Å². The summed E-state index contributed by atoms with van der Waals surface area (Å²) in [6.45, 7) is 3.60. The van der Waals surface area contributed by atoms with Gasteiger partial charge in [0.2, 0.25) is 5.91 Å². The van der Waals surface area contributed by atoms with Gasteiger partial charge in [0.25, 0.3) is 0 Å². The number of nitrogens with zero attached hydrogens (tertiary/aromatic N) is 2. The van der Waals surface area contributed by atoms with Crippen LogP contribution in [0.4, 0.5) is 0 Å². The predicted molar refractivity (Wildman–Crippen MR) is 63.1 cm³/mol. The summed E-state index contributed by atoms with van der Waals surface area (Å²) in [5.74, 6) is 0.536. The lowest BCUT2D eigenvalue weighted by Gasteiger charge is -2.21. The van der Waals surface area contributed by atoms with Crippen molar-refractivity contribution in [2.75, 3.05) is 13.1 Å². The second-order valence-corrected chi connectivity index (χ2v) is 4.64. The van der Waals surface area contributed by atoms with Crippen LogP contribution < -0.4 is 11.1 Å². The highest BCUT2D eigenvalue weighted by Gasteiger charge is 2.24. The molecule has 0 spiro atoms. The van der Waals surface area contributed by atoms with E-state index < -0.39 is 0 Å². The monoisotopic (exact) mass is 224 g/mol. The van der Waals surface area contributed by atoms with E-state index in [4.69, 9.17) is 5.73 Å². The van der Waals surface area contributed by atoms with Gasteiger partial charge in [0, 0.05) is 13.1 Å². The quantitative estimate of drug-likeness (QED) is 0.526. The van der Waals surface area contributed by atoms with Gasteiger partial charge in [-0.25, -0.2) is 0 Å². The summed E-state index contributed by atoms with van der Waals surface area (Å²) in [7, 11) is 0. The number of carbonyl (C=O) groups is 1. The molecule has 0 aromatic heterocycles. The zero-order chi connectivity index (χ0) is 11.5. The number of guanidine groups is 1. The first-order chi connectivity index (χ1) is 7.66. The molecule has 0 aromatic carbocycles. The number of hydrogen-bond donors (Lipinski definition) is 2. The van der Waals surface area contributed by atoms with Gasteiger partial charge in [0.15, 0.2) is 5.96 Å². The normalized spacial score (nSPS) is 23.3. The molecule has 1 aliphatic heterocycles. The average Bonchev–Trinajstić information content (AvgIpc) is 2.89. The van der Waals surface area contributed by atoms with Gasteiger partial charge < -0.3 is 16.0 Å². The lowest BCUT2D eigenvalue weighted by atomic mass is 10.3. The molecule has 1 heterocycles. The van der Waals surface area contributed by atoms with E-state index in [9.17, 15) is 4.79 Å². The minimum absolute atomic E-state index is 0.131. The first-order valence-corrected chi connectivity index (χ1v) is 6.05. The maximum Gasteiger partial charge on any atom is 0.244 e. The second kappa shape index (κ2) is 4.72. The van der Waals surface area contributed by atoms with Crippen molar-refractivity contribution in [3.8, 4) is 0 Å². The van der Waals surface area contributed by atoms with E-state index in [1.165, 1.54) is 0 Å². The van der Waals surface area contributed by atoms with E-state index in [2.05, 4.69) is 10.3 Å². The van der Waals surface area contributed by atoms with E-state index in [0.717, 1.165) is 38.8 Å². The van der Waals surface area contributed by atoms with Crippen LogP contribution in [0, 0.1) is 0 Å². The van der Waals surface area contributed by atoms with Crippen molar-refractivity contribution < 1.29 is 4.79 Å². The Balaban J connectivity index is 1.81. The summed E-state index contributed by atoms with van der Waals surface area (Å²) in [6, 6.07) is 0.127. The Morgan fingerprint density at radius 1 is 1.44 bits per heavy atom. The lowest BCUT2D eigenvalue weighted by molar-refractivity contribution is -0.131. The highest BCUT2D eigenvalue weighted by Crippen LogP contribution is 2.22. The maximum absolute atomic E-state index is 11.9. The zero-order valence-corrected chi connectivity index (χ0v) is 9.78. The average molecular weight is 224 g/mol. The molecular formula is C11H20N4O. The predicted octanol–water partition coefficient (Wildman–Crippen LogP) is 0.0640. The topological polar surface area (TPSA) is 70.7 Å². The van der Waals surface area contributed by atoms with Crippen LogP contribution >= 0.6 is 0 Å². The first-order valence-electron chi connectivity index (χ1n) is 6.05. The van der Waals surface area contributed by atoms with Crippen LogP contribution in [0.5, 0.6) is 0 Å². The van der Waals surface area contributed by atoms with E-state index in [0.29, 0.717) is 12.0 Å². The minimum atomic E-state index is -0.263. The summed E-state index contributed by atoms with van der Waals surface area (Å²) >= 11 is 0. The standard InChI is InChI=1S/C11H20N4O/c1-8(10(16)15-6-2-3-7-15)13-11(12)14-9-4-5-9/h8-9H,2-7H2,1H3,(H3,12,13,14). The summed E-state index contributed by atoms with van der Waals surface area (Å²) in [5.41, 5.74) is 5.72. The number of rotatable bonds is 3. The number of nitrogens with two attached hydrogens (primary N) is 1. The van der Waals surface area contributed by atoms with Gasteiger partial charge in [-0.05, 0) is 32.6 Å². The molecule has 16 heavy (non-hydrogen) atoms. The molecule has 1 saturated heterocycles. The molecule has 0 bridgehead atoms. The van der Waals surface area contributed by atoms with Crippen LogP contribution in [-0.2, 0) is 4.79 Å². The molecule has 2 fully saturated rings. The lowest BCUT2D eigenvalue weighted by Crippen LogP contribution is -2.48. The third kappa shape index (κ3) is 2.87. The molecule has 5 heteroatoms. The summed E-state index contributed by atoms with van der Waals surface area (Å²) in [6.07, 6.45) is 4.47. The molecule has 5 nitrogen and oxygen atoms in total. The van der Waals surface area contributed by atoms with Crippen molar-refractivity contribution >= 4 is 11.9 Å². The van der Waals surface area contributed by atoms with Gasteiger partial charge in [-0.3, -0.25) is 9.79 Å². The highest BCUT2D eigenvalue weighted by atomic mass is 16.2. The van der Waals surface area contributed by atoms with Crippen molar-refractivity contribution in [2.24, 2.45) is 10.7 Å². The third-order valence-corrected chi connectivity index (χ3v) is 3.02. The molecule has 1 unspecified atom stereocenters. The molecule has 0 radical (unpaired) electrons. The van der Waals surface area contributed by atoms with Crippen LogP contribution in [0.1, 0.15) is 32.6 Å². The molecule has 2 aliphatic rings. The molecular weight excluding hydrogens is 204 g/mol. The Kier molecular flexibility index (Phi) is 3.31. The van der Waals surface area contributed by atoms with Crippen molar-refractivity contribution in [1.29, 1.82) is 0 Å². The summed E-state index contributed by atoms with van der Waals surface area (Å²) in [4.78, 5) is 18.1. The molecule has 0 aromatic rings. The maximum atomic E-state index is 11.9. The minimum Gasteiger partial charge on any atom is -0.370 e. The Bertz CT molecular complexity index is 292. The largest absolute Gasteiger partial charge is 0.370 e. The number of aliphatic imine (C=N–C) groups is 1. The van der Waals surface area contributed by atoms with Crippen molar-refractivity contribution in [3.05, 3.63) is 0 Å². The van der Waals surface area contributed by atoms with E-state index in [-0.39, 0.29) is 11.9 Å². The van der Waals surface area contributed by atoms with Crippen molar-refractivity contribution in [1.82, 2.24) is 10.2 Å². The molecule has 3 N–H and O–H groups in total. The van der Waals surface area contributed by atoms with Crippen LogP contribution in [0.2, 0.25) is 0 Å². The molecule has 90 valence electrons.